The van der Waals surface area contributed by atoms with Crippen LogP contribution in [-0.4, -0.2) is 33.4 Å². The summed E-state index contributed by atoms with van der Waals surface area (Å²) in [5.74, 6) is -0.373. The van der Waals surface area contributed by atoms with Crippen molar-refractivity contribution >= 4 is 25.8 Å². The Hall–Kier alpha value is -1.82. The maximum atomic E-state index is 11.6. The van der Waals surface area contributed by atoms with Gasteiger partial charge in [-0.05, 0) is 37.2 Å². The molecule has 1 amide bonds. The van der Waals surface area contributed by atoms with Gasteiger partial charge in [-0.3, -0.25) is 5.32 Å². The Morgan fingerprint density at radius 1 is 1.10 bits per heavy atom. The van der Waals surface area contributed by atoms with Crippen LogP contribution in [0.2, 0.25) is 25.7 Å². The lowest BCUT2D eigenvalue weighted by Gasteiger charge is -2.15. The van der Waals surface area contributed by atoms with E-state index in [0.29, 0.717) is 24.5 Å². The van der Waals surface area contributed by atoms with Gasteiger partial charge in [-0.1, -0.05) is 19.6 Å². The van der Waals surface area contributed by atoms with Crippen molar-refractivity contribution in [3.05, 3.63) is 29.8 Å². The molecule has 1 aromatic rings. The minimum absolute atomic E-state index is 0.336. The number of hydrogen-bond acceptors (Lipinski definition) is 4. The number of anilines is 1. The maximum absolute atomic E-state index is 11.6. The highest BCUT2D eigenvalue weighted by molar-refractivity contribution is 6.76. The molecule has 0 radical (unpaired) electrons. The molecule has 21 heavy (non-hydrogen) atoms. The molecule has 5 nitrogen and oxygen atoms in total. The van der Waals surface area contributed by atoms with E-state index in [1.54, 1.807) is 31.2 Å². The SMILES string of the molecule is CCOC(=O)c1ccc(NC(=O)OCC[Si](C)(C)C)cc1. The van der Waals surface area contributed by atoms with E-state index in [0.717, 1.165) is 6.04 Å². The van der Waals surface area contributed by atoms with Crippen LogP contribution in [0.4, 0.5) is 10.5 Å². The molecule has 0 atom stereocenters. The summed E-state index contributed by atoms with van der Waals surface area (Å²) in [4.78, 5) is 23.1. The average molecular weight is 309 g/mol. The molecule has 0 aliphatic carbocycles. The summed E-state index contributed by atoms with van der Waals surface area (Å²) in [7, 11) is -1.20. The van der Waals surface area contributed by atoms with E-state index in [1.165, 1.54) is 0 Å². The minimum Gasteiger partial charge on any atom is -0.462 e. The molecule has 116 valence electrons. The van der Waals surface area contributed by atoms with Crippen LogP contribution in [-0.2, 0) is 9.47 Å². The largest absolute Gasteiger partial charge is 0.462 e. The van der Waals surface area contributed by atoms with Gasteiger partial charge in [0.1, 0.15) is 0 Å². The van der Waals surface area contributed by atoms with Gasteiger partial charge >= 0.3 is 12.1 Å². The number of hydrogen-bond donors (Lipinski definition) is 1. The van der Waals surface area contributed by atoms with Crippen molar-refractivity contribution in [1.82, 2.24) is 0 Å². The summed E-state index contributed by atoms with van der Waals surface area (Å²) in [6.45, 7) is 9.20. The highest BCUT2D eigenvalue weighted by atomic mass is 28.3. The van der Waals surface area contributed by atoms with Crippen LogP contribution in [0.15, 0.2) is 24.3 Å². The predicted molar refractivity (Wildman–Crippen MR) is 85.5 cm³/mol. The van der Waals surface area contributed by atoms with Crippen LogP contribution in [0.3, 0.4) is 0 Å². The summed E-state index contributed by atoms with van der Waals surface area (Å²) in [6.07, 6.45) is -0.475. The van der Waals surface area contributed by atoms with Gasteiger partial charge in [0, 0.05) is 13.8 Å². The number of ether oxygens (including phenoxy) is 2. The fraction of sp³-hybridized carbons (Fsp3) is 0.467. The molecule has 0 unspecified atom stereocenters. The number of esters is 1. The fourth-order valence-corrected chi connectivity index (χ4v) is 2.22. The molecule has 0 fully saturated rings. The highest BCUT2D eigenvalue weighted by Crippen LogP contribution is 2.12. The number of benzene rings is 1. The van der Waals surface area contributed by atoms with Gasteiger partial charge < -0.3 is 9.47 Å². The standard InChI is InChI=1S/C15H23NO4Si/c1-5-19-14(17)12-6-8-13(9-7-12)16-15(18)20-10-11-21(2,3)4/h6-9H,5,10-11H2,1-4H3,(H,16,18). The second-order valence-corrected chi connectivity index (χ2v) is 11.5. The van der Waals surface area contributed by atoms with Crippen molar-refractivity contribution < 1.29 is 19.1 Å². The summed E-state index contributed by atoms with van der Waals surface area (Å²) in [5, 5.41) is 2.63. The maximum Gasteiger partial charge on any atom is 0.411 e. The smallest absolute Gasteiger partial charge is 0.411 e. The van der Waals surface area contributed by atoms with Gasteiger partial charge in [0.2, 0.25) is 0 Å². The molecule has 0 aliphatic rings. The van der Waals surface area contributed by atoms with Gasteiger partial charge in [-0.2, -0.15) is 0 Å². The molecular weight excluding hydrogens is 286 g/mol. The summed E-state index contributed by atoms with van der Waals surface area (Å²) >= 11 is 0. The van der Waals surface area contributed by atoms with Crippen LogP contribution in [0.1, 0.15) is 17.3 Å². The molecule has 6 heteroatoms. The number of carbonyl (C=O) groups is 2. The van der Waals surface area contributed by atoms with Crippen molar-refractivity contribution in [3.63, 3.8) is 0 Å². The first-order valence-electron chi connectivity index (χ1n) is 7.03. The molecule has 1 aromatic carbocycles. The van der Waals surface area contributed by atoms with Crippen molar-refractivity contribution in [2.45, 2.75) is 32.6 Å². The molecular formula is C15H23NO4Si. The third-order valence-electron chi connectivity index (χ3n) is 2.73. The van der Waals surface area contributed by atoms with Crippen LogP contribution in [0.5, 0.6) is 0 Å². The first-order chi connectivity index (χ1) is 9.81. The zero-order chi connectivity index (χ0) is 15.9. The summed E-state index contributed by atoms with van der Waals surface area (Å²) in [6, 6.07) is 7.44. The van der Waals surface area contributed by atoms with Gasteiger partial charge in [-0.25, -0.2) is 9.59 Å². The quantitative estimate of drug-likeness (QED) is 0.642. The van der Waals surface area contributed by atoms with Crippen LogP contribution in [0, 0.1) is 0 Å². The Balaban J connectivity index is 2.44. The predicted octanol–water partition coefficient (Wildman–Crippen LogP) is 3.75. The topological polar surface area (TPSA) is 64.6 Å². The van der Waals surface area contributed by atoms with Crippen molar-refractivity contribution in [1.29, 1.82) is 0 Å². The Bertz CT molecular complexity index is 479. The average Bonchev–Trinajstić information content (AvgIpc) is 2.38. The lowest BCUT2D eigenvalue weighted by Crippen LogP contribution is -2.24. The van der Waals surface area contributed by atoms with Crippen LogP contribution in [0.25, 0.3) is 0 Å². The van der Waals surface area contributed by atoms with E-state index < -0.39 is 14.2 Å². The normalized spacial score (nSPS) is 10.9. The lowest BCUT2D eigenvalue weighted by molar-refractivity contribution is 0.0526. The van der Waals surface area contributed by atoms with E-state index in [1.807, 2.05) is 0 Å². The molecule has 1 N–H and O–H groups in total. The van der Waals surface area contributed by atoms with E-state index in [-0.39, 0.29) is 5.97 Å². The zero-order valence-electron chi connectivity index (χ0n) is 13.1. The van der Waals surface area contributed by atoms with Crippen LogP contribution >= 0.6 is 0 Å². The van der Waals surface area contributed by atoms with Crippen molar-refractivity contribution in [2.75, 3.05) is 18.5 Å². The molecule has 0 saturated carbocycles. The fourth-order valence-electron chi connectivity index (χ4n) is 1.51. The summed E-state index contributed by atoms with van der Waals surface area (Å²) < 4.78 is 10.0. The lowest BCUT2D eigenvalue weighted by atomic mass is 10.2. The second-order valence-electron chi connectivity index (χ2n) is 5.87. The molecule has 1 rings (SSSR count). The highest BCUT2D eigenvalue weighted by Gasteiger charge is 2.14. The van der Waals surface area contributed by atoms with E-state index >= 15 is 0 Å². The Kier molecular flexibility index (Phi) is 6.42. The minimum atomic E-state index is -1.20. The number of nitrogens with one attached hydrogen (secondary N) is 1. The van der Waals surface area contributed by atoms with Gasteiger partial charge in [0.15, 0.2) is 0 Å². The number of amides is 1. The first kappa shape index (κ1) is 17.2. The van der Waals surface area contributed by atoms with Gasteiger partial charge in [0.05, 0.1) is 18.8 Å². The molecule has 0 heterocycles. The molecule has 0 spiro atoms. The summed E-state index contributed by atoms with van der Waals surface area (Å²) in [5.41, 5.74) is 1.04. The van der Waals surface area contributed by atoms with Gasteiger partial charge in [-0.15, -0.1) is 0 Å². The Morgan fingerprint density at radius 3 is 2.24 bits per heavy atom. The number of carbonyl (C=O) groups excluding carboxylic acids is 2. The van der Waals surface area contributed by atoms with E-state index in [2.05, 4.69) is 25.0 Å². The third kappa shape index (κ3) is 6.94. The van der Waals surface area contributed by atoms with Gasteiger partial charge in [0.25, 0.3) is 0 Å². The molecule has 0 aromatic heterocycles. The Labute approximate surface area is 126 Å². The molecule has 0 saturated heterocycles. The zero-order valence-corrected chi connectivity index (χ0v) is 14.1. The third-order valence-corrected chi connectivity index (χ3v) is 4.43. The molecule has 0 bridgehead atoms. The monoisotopic (exact) mass is 309 g/mol. The van der Waals surface area contributed by atoms with Crippen molar-refractivity contribution in [2.24, 2.45) is 0 Å². The first-order valence-corrected chi connectivity index (χ1v) is 10.7. The molecule has 0 aliphatic heterocycles. The van der Waals surface area contributed by atoms with Crippen molar-refractivity contribution in [3.8, 4) is 0 Å². The van der Waals surface area contributed by atoms with E-state index in [9.17, 15) is 9.59 Å². The second kappa shape index (κ2) is 7.83. The van der Waals surface area contributed by atoms with E-state index in [4.69, 9.17) is 9.47 Å². The Morgan fingerprint density at radius 2 is 1.71 bits per heavy atom. The van der Waals surface area contributed by atoms with Crippen LogP contribution < -0.4 is 5.32 Å². The number of rotatable bonds is 6.